The third-order valence-electron chi connectivity index (χ3n) is 5.51. The van der Waals surface area contributed by atoms with E-state index in [1.54, 1.807) is 0 Å². The number of aliphatic carboxylic acids is 1. The molecule has 3 aliphatic rings. The first kappa shape index (κ1) is 14.8. The number of nitrogens with one attached hydrogen (secondary N) is 1. The van der Waals surface area contributed by atoms with Crippen LogP contribution in [0.5, 0.6) is 0 Å². The second-order valence-electron chi connectivity index (χ2n) is 6.98. The van der Waals surface area contributed by atoms with E-state index < -0.39 is 5.97 Å². The Morgan fingerprint density at radius 1 is 1.10 bits per heavy atom. The fraction of sp³-hybridized carbons (Fsp3) is 0.875. The molecule has 1 amide bonds. The first-order valence-electron chi connectivity index (χ1n) is 8.40. The normalized spacial score (nSPS) is 36.3. The van der Waals surface area contributed by atoms with Crippen molar-refractivity contribution in [2.75, 3.05) is 13.1 Å². The van der Waals surface area contributed by atoms with E-state index in [9.17, 15) is 9.59 Å². The van der Waals surface area contributed by atoms with E-state index in [0.29, 0.717) is 12.6 Å². The van der Waals surface area contributed by atoms with Crippen LogP contribution in [0.15, 0.2) is 0 Å². The third kappa shape index (κ3) is 3.39. The maximum absolute atomic E-state index is 12.6. The summed E-state index contributed by atoms with van der Waals surface area (Å²) in [6.45, 7) is 1.35. The molecule has 1 saturated carbocycles. The van der Waals surface area contributed by atoms with Crippen molar-refractivity contribution in [1.29, 1.82) is 0 Å². The molecular weight excluding hydrogens is 268 g/mol. The highest BCUT2D eigenvalue weighted by molar-refractivity contribution is 5.82. The Hall–Kier alpha value is -1.10. The molecule has 4 unspecified atom stereocenters. The second-order valence-corrected chi connectivity index (χ2v) is 6.98. The van der Waals surface area contributed by atoms with Gasteiger partial charge in [-0.2, -0.15) is 0 Å². The molecule has 0 aromatic heterocycles. The number of carboxylic acid groups (broad SMARTS) is 1. The van der Waals surface area contributed by atoms with Crippen molar-refractivity contribution in [2.45, 2.75) is 63.5 Å². The molecule has 2 aliphatic heterocycles. The molecule has 3 rings (SSSR count). The topological polar surface area (TPSA) is 69.6 Å². The molecule has 21 heavy (non-hydrogen) atoms. The maximum atomic E-state index is 12.6. The molecule has 1 aliphatic carbocycles. The SMILES string of the molecule is O=C(O)CC1CCN(C(=O)C2CCC3CCCCC3N2)C1. The van der Waals surface area contributed by atoms with Crippen LogP contribution in [0.3, 0.4) is 0 Å². The fourth-order valence-electron chi connectivity index (χ4n) is 4.36. The van der Waals surface area contributed by atoms with Crippen LogP contribution in [0.2, 0.25) is 0 Å². The molecule has 4 atom stereocenters. The lowest BCUT2D eigenvalue weighted by molar-refractivity contribution is -0.139. The van der Waals surface area contributed by atoms with Crippen molar-refractivity contribution in [1.82, 2.24) is 10.2 Å². The molecular formula is C16H26N2O3. The molecule has 0 spiro atoms. The Balaban J connectivity index is 1.53. The number of likely N-dealkylation sites (tertiary alicyclic amines) is 1. The van der Waals surface area contributed by atoms with Gasteiger partial charge in [0.15, 0.2) is 0 Å². The van der Waals surface area contributed by atoms with Gasteiger partial charge in [-0.05, 0) is 43.9 Å². The number of piperidine rings is 1. The molecule has 2 heterocycles. The summed E-state index contributed by atoms with van der Waals surface area (Å²) in [4.78, 5) is 25.3. The highest BCUT2D eigenvalue weighted by Crippen LogP contribution is 2.33. The van der Waals surface area contributed by atoms with E-state index in [1.807, 2.05) is 4.90 Å². The first-order chi connectivity index (χ1) is 10.1. The number of hydrogen-bond acceptors (Lipinski definition) is 3. The summed E-state index contributed by atoms with van der Waals surface area (Å²) >= 11 is 0. The number of carboxylic acids is 1. The van der Waals surface area contributed by atoms with Crippen LogP contribution in [-0.4, -0.2) is 47.1 Å². The van der Waals surface area contributed by atoms with E-state index in [0.717, 1.165) is 25.3 Å². The summed E-state index contributed by atoms with van der Waals surface area (Å²) < 4.78 is 0. The number of nitrogens with zero attached hydrogens (tertiary/aromatic N) is 1. The molecule has 0 aromatic rings. The summed E-state index contributed by atoms with van der Waals surface area (Å²) in [7, 11) is 0. The zero-order chi connectivity index (χ0) is 14.8. The smallest absolute Gasteiger partial charge is 0.303 e. The Bertz CT molecular complexity index is 412. The van der Waals surface area contributed by atoms with E-state index >= 15 is 0 Å². The predicted molar refractivity (Wildman–Crippen MR) is 78.8 cm³/mol. The molecule has 0 bridgehead atoms. The largest absolute Gasteiger partial charge is 0.481 e. The summed E-state index contributed by atoms with van der Waals surface area (Å²) in [5.74, 6) is 0.348. The highest BCUT2D eigenvalue weighted by atomic mass is 16.4. The van der Waals surface area contributed by atoms with Gasteiger partial charge in [-0.1, -0.05) is 12.8 Å². The molecule has 118 valence electrons. The maximum Gasteiger partial charge on any atom is 0.303 e. The monoisotopic (exact) mass is 294 g/mol. The standard InChI is InChI=1S/C16H26N2O3/c19-15(20)9-11-7-8-18(10-11)16(21)14-6-5-12-3-1-2-4-13(12)17-14/h11-14,17H,1-10H2,(H,19,20). The second kappa shape index (κ2) is 6.34. The minimum absolute atomic E-state index is 0.0343. The Morgan fingerprint density at radius 2 is 1.90 bits per heavy atom. The average molecular weight is 294 g/mol. The third-order valence-corrected chi connectivity index (χ3v) is 5.51. The summed E-state index contributed by atoms with van der Waals surface area (Å²) in [5, 5.41) is 12.4. The molecule has 5 nitrogen and oxygen atoms in total. The van der Waals surface area contributed by atoms with E-state index in [4.69, 9.17) is 5.11 Å². The quantitative estimate of drug-likeness (QED) is 0.830. The van der Waals surface area contributed by atoms with Crippen molar-refractivity contribution in [2.24, 2.45) is 11.8 Å². The van der Waals surface area contributed by atoms with Gasteiger partial charge in [-0.3, -0.25) is 9.59 Å². The van der Waals surface area contributed by atoms with Gasteiger partial charge in [0.1, 0.15) is 0 Å². The predicted octanol–water partition coefficient (Wildman–Crippen LogP) is 1.62. The van der Waals surface area contributed by atoms with Gasteiger partial charge in [0.25, 0.3) is 0 Å². The summed E-state index contributed by atoms with van der Waals surface area (Å²) in [6, 6.07) is 0.492. The lowest BCUT2D eigenvalue weighted by Crippen LogP contribution is -2.55. The number of fused-ring (bicyclic) bond motifs is 1. The lowest BCUT2D eigenvalue weighted by atomic mass is 9.77. The summed E-state index contributed by atoms with van der Waals surface area (Å²) in [5.41, 5.74) is 0. The fourth-order valence-corrected chi connectivity index (χ4v) is 4.36. The van der Waals surface area contributed by atoms with Gasteiger partial charge in [0, 0.05) is 25.6 Å². The van der Waals surface area contributed by atoms with Gasteiger partial charge in [-0.15, -0.1) is 0 Å². The van der Waals surface area contributed by atoms with Crippen LogP contribution < -0.4 is 5.32 Å². The van der Waals surface area contributed by atoms with E-state index in [2.05, 4.69) is 5.32 Å². The lowest BCUT2D eigenvalue weighted by Gasteiger charge is -2.40. The molecule has 5 heteroatoms. The zero-order valence-electron chi connectivity index (χ0n) is 12.6. The van der Waals surface area contributed by atoms with Crippen LogP contribution in [0, 0.1) is 11.8 Å². The van der Waals surface area contributed by atoms with Crippen molar-refractivity contribution in [3.63, 3.8) is 0 Å². The number of carbonyl (C=O) groups excluding carboxylic acids is 1. The van der Waals surface area contributed by atoms with Crippen molar-refractivity contribution >= 4 is 11.9 Å². The number of carbonyl (C=O) groups is 2. The van der Waals surface area contributed by atoms with Gasteiger partial charge in [0.2, 0.25) is 5.91 Å². The van der Waals surface area contributed by atoms with Crippen molar-refractivity contribution < 1.29 is 14.7 Å². The van der Waals surface area contributed by atoms with Gasteiger partial charge >= 0.3 is 5.97 Å². The Labute approximate surface area is 126 Å². The molecule has 3 fully saturated rings. The van der Waals surface area contributed by atoms with Crippen molar-refractivity contribution in [3.05, 3.63) is 0 Å². The van der Waals surface area contributed by atoms with Crippen LogP contribution >= 0.6 is 0 Å². The highest BCUT2D eigenvalue weighted by Gasteiger charge is 2.37. The molecule has 2 N–H and O–H groups in total. The van der Waals surface area contributed by atoms with Gasteiger partial charge < -0.3 is 15.3 Å². The minimum atomic E-state index is -0.755. The van der Waals surface area contributed by atoms with Gasteiger partial charge in [0.05, 0.1) is 6.04 Å². The van der Waals surface area contributed by atoms with Crippen LogP contribution in [0.1, 0.15) is 51.4 Å². The van der Waals surface area contributed by atoms with Crippen LogP contribution in [0.4, 0.5) is 0 Å². The van der Waals surface area contributed by atoms with Crippen LogP contribution in [0.25, 0.3) is 0 Å². The number of amides is 1. The van der Waals surface area contributed by atoms with E-state index in [1.165, 1.54) is 32.1 Å². The van der Waals surface area contributed by atoms with E-state index in [-0.39, 0.29) is 24.3 Å². The molecule has 0 aromatic carbocycles. The van der Waals surface area contributed by atoms with Crippen molar-refractivity contribution in [3.8, 4) is 0 Å². The minimum Gasteiger partial charge on any atom is -0.481 e. The number of rotatable bonds is 3. The van der Waals surface area contributed by atoms with Crippen LogP contribution in [-0.2, 0) is 9.59 Å². The summed E-state index contributed by atoms with van der Waals surface area (Å²) in [6.07, 6.45) is 8.26. The molecule has 2 saturated heterocycles. The molecule has 0 radical (unpaired) electrons. The average Bonchev–Trinajstić information content (AvgIpc) is 2.93. The Morgan fingerprint density at radius 3 is 2.71 bits per heavy atom. The Kier molecular flexibility index (Phi) is 4.48. The zero-order valence-corrected chi connectivity index (χ0v) is 12.6. The van der Waals surface area contributed by atoms with Gasteiger partial charge in [-0.25, -0.2) is 0 Å². The first-order valence-corrected chi connectivity index (χ1v) is 8.40. The number of hydrogen-bond donors (Lipinski definition) is 2.